The average molecular weight is 207 g/mol. The Labute approximate surface area is 84.1 Å². The Balaban J connectivity index is 2.73. The van der Waals surface area contributed by atoms with E-state index in [9.17, 15) is 4.79 Å². The number of carboxylic acid groups (broad SMARTS) is 1. The first kappa shape index (κ1) is 9.38. The zero-order valence-electron chi connectivity index (χ0n) is 8.01. The molecule has 15 heavy (non-hydrogen) atoms. The standard InChI is InChI=1S/C8H9N5O2/c1-12-3-11-7(9)6-8(12)13(4-10-6)2-5(14)15/h3-4,9H,2H2,1H3,(H,14,15). The van der Waals surface area contributed by atoms with Gasteiger partial charge in [-0.15, -0.1) is 0 Å². The number of carbonyl (C=O) groups is 1. The van der Waals surface area contributed by atoms with Crippen molar-refractivity contribution in [2.45, 2.75) is 6.54 Å². The molecule has 0 radical (unpaired) electrons. The summed E-state index contributed by atoms with van der Waals surface area (Å²) in [5, 5.41) is 16.2. The quantitative estimate of drug-likeness (QED) is 0.682. The second-order valence-corrected chi connectivity index (χ2v) is 3.14. The smallest absolute Gasteiger partial charge is 0.323 e. The lowest BCUT2D eigenvalue weighted by Gasteiger charge is -2.04. The van der Waals surface area contributed by atoms with Crippen LogP contribution < -0.4 is 5.49 Å². The van der Waals surface area contributed by atoms with E-state index in [2.05, 4.69) is 9.97 Å². The molecule has 0 bridgehead atoms. The molecule has 2 rings (SSSR count). The molecule has 2 heterocycles. The fourth-order valence-electron chi connectivity index (χ4n) is 1.43. The van der Waals surface area contributed by atoms with Crippen LogP contribution >= 0.6 is 0 Å². The Hall–Kier alpha value is -2.18. The summed E-state index contributed by atoms with van der Waals surface area (Å²) < 4.78 is 3.11. The predicted octanol–water partition coefficient (Wildman–Crippen LogP) is -0.666. The molecule has 0 atom stereocenters. The van der Waals surface area contributed by atoms with Crippen LogP contribution in [0.25, 0.3) is 11.2 Å². The van der Waals surface area contributed by atoms with Gasteiger partial charge in [0.15, 0.2) is 5.49 Å². The third-order valence-electron chi connectivity index (χ3n) is 2.03. The van der Waals surface area contributed by atoms with Gasteiger partial charge in [-0.1, -0.05) is 0 Å². The molecule has 2 aromatic heterocycles. The van der Waals surface area contributed by atoms with Gasteiger partial charge >= 0.3 is 5.97 Å². The predicted molar refractivity (Wildman–Crippen MR) is 50.0 cm³/mol. The van der Waals surface area contributed by atoms with Gasteiger partial charge in [-0.2, -0.15) is 0 Å². The highest BCUT2D eigenvalue weighted by Gasteiger charge is 2.09. The van der Waals surface area contributed by atoms with Crippen LogP contribution in [0.15, 0.2) is 12.7 Å². The fraction of sp³-hybridized carbons (Fsp3) is 0.250. The van der Waals surface area contributed by atoms with Crippen molar-refractivity contribution in [2.24, 2.45) is 7.05 Å². The van der Waals surface area contributed by atoms with E-state index in [-0.39, 0.29) is 12.0 Å². The Bertz CT molecular complexity index is 582. The molecule has 0 unspecified atom stereocenters. The van der Waals surface area contributed by atoms with Gasteiger partial charge in [-0.25, -0.2) is 9.97 Å². The second kappa shape index (κ2) is 3.19. The number of fused-ring (bicyclic) bond motifs is 1. The Morgan fingerprint density at radius 3 is 2.93 bits per heavy atom. The number of aromatic nitrogens is 4. The average Bonchev–Trinajstić information content (AvgIpc) is 2.56. The number of hydrogen-bond donors (Lipinski definition) is 2. The zero-order valence-corrected chi connectivity index (χ0v) is 8.01. The Kier molecular flexibility index (Phi) is 2.00. The molecule has 0 aliphatic heterocycles. The van der Waals surface area contributed by atoms with Gasteiger partial charge in [-0.3, -0.25) is 10.2 Å². The van der Waals surface area contributed by atoms with Crippen LogP contribution in [-0.2, 0) is 18.4 Å². The van der Waals surface area contributed by atoms with Crippen LogP contribution in [0.5, 0.6) is 0 Å². The van der Waals surface area contributed by atoms with Crippen LogP contribution in [0, 0.1) is 5.41 Å². The number of nitrogens with zero attached hydrogens (tertiary/aromatic N) is 4. The van der Waals surface area contributed by atoms with Gasteiger partial charge in [0.1, 0.15) is 17.7 Å². The van der Waals surface area contributed by atoms with Crippen molar-refractivity contribution in [1.29, 1.82) is 5.41 Å². The molecule has 0 amide bonds. The zero-order chi connectivity index (χ0) is 11.0. The molecule has 0 aromatic carbocycles. The Morgan fingerprint density at radius 1 is 1.53 bits per heavy atom. The second-order valence-electron chi connectivity index (χ2n) is 3.14. The minimum atomic E-state index is -0.947. The van der Waals surface area contributed by atoms with Crippen molar-refractivity contribution in [1.82, 2.24) is 19.1 Å². The number of aliphatic carboxylic acids is 1. The topological polar surface area (TPSA) is 96.8 Å². The molecule has 0 saturated carbocycles. The molecule has 2 N–H and O–H groups in total. The molecule has 0 saturated heterocycles. The first-order valence-electron chi connectivity index (χ1n) is 4.22. The van der Waals surface area contributed by atoms with Gasteiger partial charge in [0.05, 0.1) is 12.7 Å². The summed E-state index contributed by atoms with van der Waals surface area (Å²) in [6.45, 7) is -0.173. The highest BCUT2D eigenvalue weighted by Crippen LogP contribution is 2.05. The molecule has 0 aliphatic rings. The van der Waals surface area contributed by atoms with Crippen molar-refractivity contribution < 1.29 is 9.90 Å². The number of nitrogens with one attached hydrogen (secondary N) is 1. The number of carboxylic acids is 1. The van der Waals surface area contributed by atoms with E-state index in [1.807, 2.05) is 0 Å². The van der Waals surface area contributed by atoms with Crippen molar-refractivity contribution in [3.05, 3.63) is 18.1 Å². The number of aryl methyl sites for hydroxylation is 1. The molecule has 0 aliphatic carbocycles. The molecular weight excluding hydrogens is 198 g/mol. The SMILES string of the molecule is Cn1cnc(=N)c2ncn(CC(=O)O)c21. The highest BCUT2D eigenvalue weighted by molar-refractivity contribution is 5.73. The first-order chi connectivity index (χ1) is 7.09. The maximum atomic E-state index is 10.6. The molecule has 7 heteroatoms. The molecule has 0 spiro atoms. The third kappa shape index (κ3) is 1.47. The number of imidazole rings is 1. The lowest BCUT2D eigenvalue weighted by molar-refractivity contribution is -0.137. The van der Waals surface area contributed by atoms with Crippen LogP contribution in [0.1, 0.15) is 0 Å². The van der Waals surface area contributed by atoms with E-state index in [1.165, 1.54) is 17.2 Å². The normalized spacial score (nSPS) is 10.7. The minimum absolute atomic E-state index is 0.0484. The van der Waals surface area contributed by atoms with Gasteiger partial charge < -0.3 is 14.2 Å². The highest BCUT2D eigenvalue weighted by atomic mass is 16.4. The fourth-order valence-corrected chi connectivity index (χ4v) is 1.43. The molecule has 0 fully saturated rings. The largest absolute Gasteiger partial charge is 0.480 e. The van der Waals surface area contributed by atoms with Crippen molar-refractivity contribution in [3.8, 4) is 0 Å². The molecular formula is C8H9N5O2. The van der Waals surface area contributed by atoms with Gasteiger partial charge in [0.25, 0.3) is 0 Å². The van der Waals surface area contributed by atoms with Crippen LogP contribution in [-0.4, -0.2) is 30.2 Å². The van der Waals surface area contributed by atoms with E-state index >= 15 is 0 Å². The van der Waals surface area contributed by atoms with Crippen LogP contribution in [0.4, 0.5) is 0 Å². The number of rotatable bonds is 2. The van der Waals surface area contributed by atoms with Gasteiger partial charge in [0.2, 0.25) is 0 Å². The lowest BCUT2D eigenvalue weighted by atomic mass is 10.5. The summed E-state index contributed by atoms with van der Waals surface area (Å²) in [6.07, 6.45) is 2.86. The maximum Gasteiger partial charge on any atom is 0.323 e. The summed E-state index contributed by atoms with van der Waals surface area (Å²) >= 11 is 0. The molecule has 7 nitrogen and oxygen atoms in total. The van der Waals surface area contributed by atoms with E-state index < -0.39 is 5.97 Å². The number of hydrogen-bond acceptors (Lipinski definition) is 4. The lowest BCUT2D eigenvalue weighted by Crippen LogP contribution is -2.14. The van der Waals surface area contributed by atoms with Crippen molar-refractivity contribution in [3.63, 3.8) is 0 Å². The molecule has 2 aromatic rings. The summed E-state index contributed by atoms with van der Waals surface area (Å²) in [6, 6.07) is 0. The monoisotopic (exact) mass is 207 g/mol. The summed E-state index contributed by atoms with van der Waals surface area (Å²) in [7, 11) is 1.73. The maximum absolute atomic E-state index is 10.6. The van der Waals surface area contributed by atoms with E-state index in [1.54, 1.807) is 11.6 Å². The molecule has 78 valence electrons. The first-order valence-corrected chi connectivity index (χ1v) is 4.22. The van der Waals surface area contributed by atoms with Crippen LogP contribution in [0.3, 0.4) is 0 Å². The van der Waals surface area contributed by atoms with Gasteiger partial charge in [0, 0.05) is 7.05 Å². The van der Waals surface area contributed by atoms with E-state index in [0.29, 0.717) is 11.2 Å². The third-order valence-corrected chi connectivity index (χ3v) is 2.03. The summed E-state index contributed by atoms with van der Waals surface area (Å²) in [5.41, 5.74) is 1.03. The minimum Gasteiger partial charge on any atom is -0.480 e. The van der Waals surface area contributed by atoms with E-state index in [0.717, 1.165) is 0 Å². The van der Waals surface area contributed by atoms with E-state index in [4.69, 9.17) is 10.5 Å². The summed E-state index contributed by atoms with van der Waals surface area (Å²) in [5.74, 6) is -0.947. The van der Waals surface area contributed by atoms with Crippen molar-refractivity contribution >= 4 is 17.1 Å². The van der Waals surface area contributed by atoms with Crippen molar-refractivity contribution in [2.75, 3.05) is 0 Å². The summed E-state index contributed by atoms with van der Waals surface area (Å²) in [4.78, 5) is 18.4. The van der Waals surface area contributed by atoms with Gasteiger partial charge in [-0.05, 0) is 0 Å². The Morgan fingerprint density at radius 2 is 2.27 bits per heavy atom. The van der Waals surface area contributed by atoms with Crippen LogP contribution in [0.2, 0.25) is 0 Å².